The molecule has 0 unspecified atom stereocenters. The largest absolute Gasteiger partial charge is 0.414 e. The van der Waals surface area contributed by atoms with Gasteiger partial charge in [-0.25, -0.2) is 17.5 Å². The number of aryl methyl sites for hydroxylation is 1. The number of sulfonamides is 1. The van der Waals surface area contributed by atoms with Gasteiger partial charge in [0.1, 0.15) is 6.04 Å². The number of urea groups is 1. The van der Waals surface area contributed by atoms with Gasteiger partial charge in [0.05, 0.1) is 17.5 Å². The first-order valence-electron chi connectivity index (χ1n) is 10.8. The Bertz CT molecular complexity index is 928. The minimum atomic E-state index is -4.18. The highest BCUT2D eigenvalue weighted by Crippen LogP contribution is 2.42. The van der Waals surface area contributed by atoms with E-state index in [1.54, 1.807) is 12.1 Å². The minimum Gasteiger partial charge on any atom is -0.414 e. The molecule has 1 aromatic carbocycles. The number of carbonyl (C=O) groups is 1. The molecular formula is C22H36Cl2N2O4SSi. The molecule has 0 radical (unpaired) electrons. The van der Waals surface area contributed by atoms with Crippen LogP contribution >= 0.6 is 23.2 Å². The molecule has 1 N–H and O–H groups in total. The molecule has 6 nitrogen and oxygen atoms in total. The van der Waals surface area contributed by atoms with Crippen molar-refractivity contribution in [1.82, 2.24) is 9.62 Å². The molecule has 0 bridgehead atoms. The van der Waals surface area contributed by atoms with Crippen molar-refractivity contribution >= 4 is 47.6 Å². The lowest BCUT2D eigenvalue weighted by Gasteiger charge is -2.41. The number of hydrogen-bond donors (Lipinski definition) is 1. The van der Waals surface area contributed by atoms with E-state index in [2.05, 4.69) is 39.2 Å². The molecule has 2 atom stereocenters. The smallest absolute Gasteiger partial charge is 0.332 e. The molecule has 0 aromatic heterocycles. The van der Waals surface area contributed by atoms with Crippen LogP contribution in [0.3, 0.4) is 0 Å². The van der Waals surface area contributed by atoms with Gasteiger partial charge >= 0.3 is 6.03 Å². The summed E-state index contributed by atoms with van der Waals surface area (Å²) in [6, 6.07) is 4.08. The SMILES string of the molecule is Cc1ccc(S(=O)(=O)N2C(=O)N[C@@H](CC(C)C)[C@@H]2C(Cl)(Cl)CO[Si](C)(C)C(C)(C)C)cc1. The number of nitrogens with one attached hydrogen (secondary N) is 1. The Morgan fingerprint density at radius 1 is 1.16 bits per heavy atom. The van der Waals surface area contributed by atoms with E-state index in [1.807, 2.05) is 20.8 Å². The highest BCUT2D eigenvalue weighted by molar-refractivity contribution is 7.89. The van der Waals surface area contributed by atoms with E-state index in [4.69, 9.17) is 27.6 Å². The van der Waals surface area contributed by atoms with Crippen LogP contribution < -0.4 is 5.32 Å². The van der Waals surface area contributed by atoms with Gasteiger partial charge in [-0.1, -0.05) is 75.5 Å². The van der Waals surface area contributed by atoms with Gasteiger partial charge in [0, 0.05) is 0 Å². The standard InChI is InChI=1S/C22H36Cl2N2O4SSi/c1-15(2)13-18-19(22(23,24)14-30-32(7,8)21(4,5)6)26(20(27)25-18)31(28,29)17-11-9-16(3)10-12-17/h9-12,15,18-19H,13-14H2,1-8H3,(H,25,27)/t18-,19+/m0/s1. The van der Waals surface area contributed by atoms with Crippen molar-refractivity contribution in [1.29, 1.82) is 0 Å². The van der Waals surface area contributed by atoms with Gasteiger partial charge in [-0.2, -0.15) is 0 Å². The number of alkyl halides is 2. The monoisotopic (exact) mass is 522 g/mol. The molecule has 10 heteroatoms. The van der Waals surface area contributed by atoms with Crippen molar-refractivity contribution < 1.29 is 17.6 Å². The van der Waals surface area contributed by atoms with Gasteiger partial charge in [0.15, 0.2) is 12.7 Å². The second-order valence-electron chi connectivity index (χ2n) is 10.6. The number of amides is 2. The molecular weight excluding hydrogens is 487 g/mol. The summed E-state index contributed by atoms with van der Waals surface area (Å²) in [7, 11) is -6.40. The Kier molecular flexibility index (Phi) is 8.10. The maximum atomic E-state index is 13.5. The first-order chi connectivity index (χ1) is 14.4. The van der Waals surface area contributed by atoms with Crippen molar-refractivity contribution in [2.75, 3.05) is 6.61 Å². The van der Waals surface area contributed by atoms with Gasteiger partial charge in [0.2, 0.25) is 0 Å². The van der Waals surface area contributed by atoms with Crippen LogP contribution in [-0.4, -0.2) is 50.1 Å². The Labute approximate surface area is 204 Å². The average Bonchev–Trinajstić information content (AvgIpc) is 2.96. The highest BCUT2D eigenvalue weighted by Gasteiger charge is 2.56. The fourth-order valence-corrected chi connectivity index (χ4v) is 6.95. The molecule has 1 aliphatic heterocycles. The van der Waals surface area contributed by atoms with Gasteiger partial charge in [-0.3, -0.25) is 0 Å². The predicted molar refractivity (Wildman–Crippen MR) is 133 cm³/mol. The number of halogens is 2. The van der Waals surface area contributed by atoms with Crippen molar-refractivity contribution in [2.24, 2.45) is 5.92 Å². The molecule has 1 fully saturated rings. The van der Waals surface area contributed by atoms with E-state index < -0.39 is 40.8 Å². The van der Waals surface area contributed by atoms with E-state index in [-0.39, 0.29) is 22.5 Å². The number of benzene rings is 1. The number of nitrogens with zero attached hydrogens (tertiary/aromatic N) is 1. The summed E-state index contributed by atoms with van der Waals surface area (Å²) >= 11 is 13.6. The lowest BCUT2D eigenvalue weighted by molar-refractivity contribution is 0.210. The third kappa shape index (κ3) is 5.81. The molecule has 2 rings (SSSR count). The van der Waals surface area contributed by atoms with Crippen LogP contribution in [0.5, 0.6) is 0 Å². The fourth-order valence-electron chi connectivity index (χ4n) is 3.41. The summed E-state index contributed by atoms with van der Waals surface area (Å²) < 4.78 is 32.5. The molecule has 1 saturated heterocycles. The van der Waals surface area contributed by atoms with Crippen LogP contribution in [-0.2, 0) is 14.4 Å². The zero-order chi connectivity index (χ0) is 24.7. The summed E-state index contributed by atoms with van der Waals surface area (Å²) in [6.45, 7) is 16.2. The van der Waals surface area contributed by atoms with Gasteiger partial charge in [-0.15, -0.1) is 0 Å². The normalized spacial score (nSPS) is 20.7. The predicted octanol–water partition coefficient (Wildman–Crippen LogP) is 5.69. The maximum Gasteiger partial charge on any atom is 0.332 e. The van der Waals surface area contributed by atoms with E-state index in [1.165, 1.54) is 12.1 Å². The molecule has 1 aliphatic rings. The van der Waals surface area contributed by atoms with Gasteiger partial charge in [0.25, 0.3) is 10.0 Å². The van der Waals surface area contributed by atoms with Gasteiger partial charge in [-0.05, 0) is 49.5 Å². The molecule has 32 heavy (non-hydrogen) atoms. The van der Waals surface area contributed by atoms with Crippen molar-refractivity contribution in [3.05, 3.63) is 29.8 Å². The van der Waals surface area contributed by atoms with Crippen molar-refractivity contribution in [2.45, 2.75) is 87.4 Å². The zero-order valence-corrected chi connectivity index (χ0v) is 23.5. The van der Waals surface area contributed by atoms with Crippen LogP contribution in [0.1, 0.15) is 46.6 Å². The number of hydrogen-bond acceptors (Lipinski definition) is 4. The summed E-state index contributed by atoms with van der Waals surface area (Å²) in [5.41, 5.74) is 0.913. The Morgan fingerprint density at radius 2 is 1.69 bits per heavy atom. The van der Waals surface area contributed by atoms with E-state index >= 15 is 0 Å². The van der Waals surface area contributed by atoms with E-state index in [0.717, 1.165) is 9.87 Å². The van der Waals surface area contributed by atoms with E-state index in [9.17, 15) is 13.2 Å². The molecule has 0 aliphatic carbocycles. The number of rotatable bonds is 8. The molecule has 182 valence electrons. The molecule has 1 aromatic rings. The van der Waals surface area contributed by atoms with E-state index in [0.29, 0.717) is 6.42 Å². The fraction of sp³-hybridized carbons (Fsp3) is 0.682. The van der Waals surface area contributed by atoms with Crippen LogP contribution in [0.2, 0.25) is 18.1 Å². The quantitative estimate of drug-likeness (QED) is 0.351. The zero-order valence-electron chi connectivity index (χ0n) is 20.2. The second kappa shape index (κ2) is 9.45. The van der Waals surface area contributed by atoms with Crippen molar-refractivity contribution in [3.63, 3.8) is 0 Å². The third-order valence-electron chi connectivity index (χ3n) is 6.31. The molecule has 0 saturated carbocycles. The average molecular weight is 524 g/mol. The highest BCUT2D eigenvalue weighted by atomic mass is 35.5. The summed E-state index contributed by atoms with van der Waals surface area (Å²) in [5.74, 6) is 0.190. The van der Waals surface area contributed by atoms with Crippen molar-refractivity contribution in [3.8, 4) is 0 Å². The second-order valence-corrected chi connectivity index (χ2v) is 18.7. The Balaban J connectivity index is 2.48. The first kappa shape index (κ1) is 27.4. The maximum absolute atomic E-state index is 13.5. The number of carbonyl (C=O) groups excluding carboxylic acids is 1. The van der Waals surface area contributed by atoms with Crippen LogP contribution in [0.25, 0.3) is 0 Å². The third-order valence-corrected chi connectivity index (χ3v) is 13.2. The first-order valence-corrected chi connectivity index (χ1v) is 15.9. The lowest BCUT2D eigenvalue weighted by Crippen LogP contribution is -2.55. The minimum absolute atomic E-state index is 0.0166. The summed E-state index contributed by atoms with van der Waals surface area (Å²) in [6.07, 6.45) is 0.525. The van der Waals surface area contributed by atoms with Gasteiger partial charge < -0.3 is 9.74 Å². The topological polar surface area (TPSA) is 75.7 Å². The van der Waals surface area contributed by atoms with Crippen LogP contribution in [0.15, 0.2) is 29.2 Å². The molecule has 0 spiro atoms. The molecule has 1 heterocycles. The lowest BCUT2D eigenvalue weighted by atomic mass is 9.96. The Morgan fingerprint density at radius 3 is 2.16 bits per heavy atom. The summed E-state index contributed by atoms with van der Waals surface area (Å²) in [4.78, 5) is 13.0. The Hall–Kier alpha value is -0.803. The van der Waals surface area contributed by atoms with Crippen LogP contribution in [0.4, 0.5) is 4.79 Å². The summed E-state index contributed by atoms with van der Waals surface area (Å²) in [5, 5.41) is 2.72. The molecule has 2 amide bonds. The van der Waals surface area contributed by atoms with Crippen LogP contribution in [0, 0.1) is 12.8 Å².